The van der Waals surface area contributed by atoms with Crippen LogP contribution < -0.4 is 15.5 Å². The largest absolute Gasteiger partial charge is 0.358 e. The first kappa shape index (κ1) is 17.4. The summed E-state index contributed by atoms with van der Waals surface area (Å²) in [7, 11) is 4.32. The lowest BCUT2D eigenvalue weighted by Crippen LogP contribution is -3.04. The fraction of sp³-hybridized carbons (Fsp3) is 0.316. The van der Waals surface area contributed by atoms with E-state index in [-0.39, 0.29) is 0 Å². The molecule has 0 fully saturated rings. The van der Waals surface area contributed by atoms with Crippen LogP contribution in [0.2, 0.25) is 0 Å². The van der Waals surface area contributed by atoms with Crippen molar-refractivity contribution in [3.8, 4) is 0 Å². The number of aryl methyl sites for hydroxylation is 1. The van der Waals surface area contributed by atoms with E-state index < -0.39 is 0 Å². The van der Waals surface area contributed by atoms with E-state index in [1.807, 2.05) is 6.07 Å². The van der Waals surface area contributed by atoms with Crippen molar-refractivity contribution < 1.29 is 4.90 Å². The van der Waals surface area contributed by atoms with Gasteiger partial charge in [-0.3, -0.25) is 0 Å². The lowest BCUT2D eigenvalue weighted by atomic mass is 10.1. The third-order valence-electron chi connectivity index (χ3n) is 3.89. The molecule has 0 bridgehead atoms. The van der Waals surface area contributed by atoms with Crippen molar-refractivity contribution in [3.05, 3.63) is 64.7 Å². The molecule has 3 N–H and O–H groups in total. The standard InChI is InChI=1S/C19H25N3S/c1-14-6-5-7-18(15(14)2)21-19(23)20-12-16-8-10-17(11-9-16)13-22(3)4/h5-11H,12-13H2,1-4H3,(H2,20,21,23)/p+1. The molecule has 0 aromatic heterocycles. The van der Waals surface area contributed by atoms with Gasteiger partial charge >= 0.3 is 0 Å². The molecule has 2 aromatic rings. The Morgan fingerprint density at radius 3 is 2.30 bits per heavy atom. The lowest BCUT2D eigenvalue weighted by molar-refractivity contribution is -0.872. The minimum Gasteiger partial charge on any atom is -0.358 e. The number of thiocarbonyl (C=S) groups is 1. The molecule has 23 heavy (non-hydrogen) atoms. The molecule has 0 heterocycles. The summed E-state index contributed by atoms with van der Waals surface area (Å²) in [5.74, 6) is 0. The fourth-order valence-corrected chi connectivity index (χ4v) is 2.60. The molecule has 0 radical (unpaired) electrons. The second-order valence-corrected chi connectivity index (χ2v) is 6.66. The third kappa shape index (κ3) is 5.34. The van der Waals surface area contributed by atoms with Gasteiger partial charge < -0.3 is 15.5 Å². The SMILES string of the molecule is Cc1cccc(NC(=S)NCc2ccc(C[NH+](C)C)cc2)c1C. The zero-order chi connectivity index (χ0) is 16.8. The van der Waals surface area contributed by atoms with Gasteiger partial charge in [0.2, 0.25) is 0 Å². The summed E-state index contributed by atoms with van der Waals surface area (Å²) in [5.41, 5.74) is 6.13. The van der Waals surface area contributed by atoms with Gasteiger partial charge in [0.1, 0.15) is 6.54 Å². The van der Waals surface area contributed by atoms with E-state index in [1.165, 1.54) is 27.2 Å². The van der Waals surface area contributed by atoms with Gasteiger partial charge in [-0.1, -0.05) is 36.4 Å². The Labute approximate surface area is 144 Å². The third-order valence-corrected chi connectivity index (χ3v) is 4.13. The minimum absolute atomic E-state index is 0.653. The van der Waals surface area contributed by atoms with Crippen molar-refractivity contribution >= 4 is 23.0 Å². The molecule has 0 aliphatic rings. The van der Waals surface area contributed by atoms with Crippen LogP contribution in [0.15, 0.2) is 42.5 Å². The average Bonchev–Trinajstić information content (AvgIpc) is 2.51. The van der Waals surface area contributed by atoms with Crippen LogP contribution in [0.3, 0.4) is 0 Å². The molecule has 0 unspecified atom stereocenters. The van der Waals surface area contributed by atoms with E-state index in [0.717, 1.165) is 18.8 Å². The number of hydrogen-bond donors (Lipinski definition) is 3. The van der Waals surface area contributed by atoms with Gasteiger partial charge in [0.25, 0.3) is 0 Å². The second kappa shape index (κ2) is 8.09. The van der Waals surface area contributed by atoms with Gasteiger partial charge in [0, 0.05) is 17.8 Å². The molecule has 2 rings (SSSR count). The number of quaternary nitrogens is 1. The van der Waals surface area contributed by atoms with Crippen molar-refractivity contribution in [2.45, 2.75) is 26.9 Å². The monoisotopic (exact) mass is 328 g/mol. The zero-order valence-corrected chi connectivity index (χ0v) is 15.2. The van der Waals surface area contributed by atoms with Gasteiger partial charge in [0.05, 0.1) is 14.1 Å². The quantitative estimate of drug-likeness (QED) is 0.736. The van der Waals surface area contributed by atoms with Crippen LogP contribution in [-0.2, 0) is 13.1 Å². The van der Waals surface area contributed by atoms with Crippen LogP contribution in [0.1, 0.15) is 22.3 Å². The van der Waals surface area contributed by atoms with E-state index in [4.69, 9.17) is 12.2 Å². The Bertz CT molecular complexity index is 663. The van der Waals surface area contributed by atoms with Crippen LogP contribution in [0.5, 0.6) is 0 Å². The van der Waals surface area contributed by atoms with E-state index in [1.54, 1.807) is 0 Å². The highest BCUT2D eigenvalue weighted by atomic mass is 32.1. The van der Waals surface area contributed by atoms with Crippen LogP contribution >= 0.6 is 12.2 Å². The molecule has 0 aliphatic heterocycles. The summed E-state index contributed by atoms with van der Waals surface area (Å²) in [6.07, 6.45) is 0. The normalized spacial score (nSPS) is 10.7. The molecule has 4 heteroatoms. The summed E-state index contributed by atoms with van der Waals surface area (Å²) in [4.78, 5) is 1.43. The van der Waals surface area contributed by atoms with Crippen LogP contribution in [0, 0.1) is 13.8 Å². The summed E-state index contributed by atoms with van der Waals surface area (Å²) in [5, 5.41) is 7.20. The minimum atomic E-state index is 0.653. The fourth-order valence-electron chi connectivity index (χ4n) is 2.42. The molecular formula is C19H26N3S+. The number of rotatable bonds is 5. The molecule has 0 aliphatic carbocycles. The van der Waals surface area contributed by atoms with Crippen molar-refractivity contribution in [3.63, 3.8) is 0 Å². The summed E-state index contributed by atoms with van der Waals surface area (Å²) in [6, 6.07) is 14.9. The van der Waals surface area contributed by atoms with Crippen molar-refractivity contribution in [1.82, 2.24) is 5.32 Å². The van der Waals surface area contributed by atoms with Crippen molar-refractivity contribution in [2.75, 3.05) is 19.4 Å². The maximum absolute atomic E-state index is 5.40. The van der Waals surface area contributed by atoms with E-state index >= 15 is 0 Å². The topological polar surface area (TPSA) is 28.5 Å². The molecule has 0 amide bonds. The Morgan fingerprint density at radius 1 is 1.00 bits per heavy atom. The van der Waals surface area contributed by atoms with Crippen LogP contribution in [-0.4, -0.2) is 19.2 Å². The predicted molar refractivity (Wildman–Crippen MR) is 102 cm³/mol. The molecule has 2 aromatic carbocycles. The Kier molecular flexibility index (Phi) is 6.13. The summed E-state index contributed by atoms with van der Waals surface area (Å²) >= 11 is 5.40. The van der Waals surface area contributed by atoms with Gasteiger partial charge in [0.15, 0.2) is 5.11 Å². The number of anilines is 1. The van der Waals surface area contributed by atoms with Crippen molar-refractivity contribution in [2.24, 2.45) is 0 Å². The summed E-state index contributed by atoms with van der Waals surface area (Å²) < 4.78 is 0. The van der Waals surface area contributed by atoms with E-state index in [9.17, 15) is 0 Å². The average molecular weight is 329 g/mol. The first-order valence-corrected chi connectivity index (χ1v) is 8.34. The maximum Gasteiger partial charge on any atom is 0.171 e. The summed E-state index contributed by atoms with van der Waals surface area (Å²) in [6.45, 7) is 5.98. The molecule has 0 spiro atoms. The highest BCUT2D eigenvalue weighted by Crippen LogP contribution is 2.17. The molecule has 0 saturated carbocycles. The highest BCUT2D eigenvalue weighted by Gasteiger charge is 2.03. The van der Waals surface area contributed by atoms with Crippen LogP contribution in [0.4, 0.5) is 5.69 Å². The molecule has 3 nitrogen and oxygen atoms in total. The number of nitrogens with one attached hydrogen (secondary N) is 3. The predicted octanol–water partition coefficient (Wildman–Crippen LogP) is 2.43. The van der Waals surface area contributed by atoms with Gasteiger partial charge in [-0.25, -0.2) is 0 Å². The molecule has 0 saturated heterocycles. The Hall–Kier alpha value is -1.91. The first-order valence-electron chi connectivity index (χ1n) is 7.93. The lowest BCUT2D eigenvalue weighted by Gasteiger charge is -2.14. The van der Waals surface area contributed by atoms with Gasteiger partial charge in [-0.05, 0) is 48.8 Å². The van der Waals surface area contributed by atoms with Crippen LogP contribution in [0.25, 0.3) is 0 Å². The number of benzene rings is 2. The molecule has 0 atom stereocenters. The van der Waals surface area contributed by atoms with Gasteiger partial charge in [-0.15, -0.1) is 0 Å². The molecule has 122 valence electrons. The smallest absolute Gasteiger partial charge is 0.171 e. The van der Waals surface area contributed by atoms with E-state index in [0.29, 0.717) is 5.11 Å². The maximum atomic E-state index is 5.40. The Balaban J connectivity index is 1.88. The first-order chi connectivity index (χ1) is 11.0. The number of hydrogen-bond acceptors (Lipinski definition) is 1. The van der Waals surface area contributed by atoms with Gasteiger partial charge in [-0.2, -0.15) is 0 Å². The van der Waals surface area contributed by atoms with E-state index in [2.05, 4.69) is 75.0 Å². The highest BCUT2D eigenvalue weighted by molar-refractivity contribution is 7.80. The molecular weight excluding hydrogens is 302 g/mol. The van der Waals surface area contributed by atoms with Crippen molar-refractivity contribution in [1.29, 1.82) is 0 Å². The zero-order valence-electron chi connectivity index (χ0n) is 14.4. The Morgan fingerprint density at radius 2 is 1.65 bits per heavy atom. The second-order valence-electron chi connectivity index (χ2n) is 6.26.